The molecule has 0 aromatic heterocycles. The Kier molecular flexibility index (Phi) is 5.68. The Morgan fingerprint density at radius 2 is 2.00 bits per heavy atom. The van der Waals surface area contributed by atoms with Gasteiger partial charge < -0.3 is 15.5 Å². The van der Waals surface area contributed by atoms with E-state index in [0.29, 0.717) is 6.54 Å². The van der Waals surface area contributed by atoms with Crippen LogP contribution in [0.4, 0.5) is 10.5 Å². The molecule has 2 N–H and O–H groups in total. The van der Waals surface area contributed by atoms with Crippen molar-refractivity contribution in [2.24, 2.45) is 5.92 Å². The molecule has 2 fully saturated rings. The molecule has 2 aliphatic rings. The van der Waals surface area contributed by atoms with Gasteiger partial charge in [0.1, 0.15) is 12.1 Å². The normalized spacial score (nSPS) is 21.9. The number of rotatable bonds is 9. The molecule has 1 atom stereocenters. The molecule has 1 unspecified atom stereocenters. The maximum absolute atomic E-state index is 12.5. The minimum atomic E-state index is -0.839. The molecule has 7 heteroatoms. The van der Waals surface area contributed by atoms with E-state index in [-0.39, 0.29) is 24.3 Å². The van der Waals surface area contributed by atoms with Crippen molar-refractivity contribution < 1.29 is 14.4 Å². The molecular weight excluding hydrogens is 344 g/mol. The molecule has 1 aromatic rings. The Hall–Kier alpha value is -2.57. The summed E-state index contributed by atoms with van der Waals surface area (Å²) in [5, 5.41) is 5.57. The van der Waals surface area contributed by atoms with Gasteiger partial charge in [-0.1, -0.05) is 18.2 Å². The zero-order valence-corrected chi connectivity index (χ0v) is 16.0. The van der Waals surface area contributed by atoms with Gasteiger partial charge in [0.05, 0.1) is 0 Å². The van der Waals surface area contributed by atoms with Crippen LogP contribution >= 0.6 is 0 Å². The van der Waals surface area contributed by atoms with Crippen LogP contribution in [0.5, 0.6) is 0 Å². The zero-order valence-electron chi connectivity index (χ0n) is 16.0. The number of anilines is 1. The molecular formula is C20H28N4O3. The summed E-state index contributed by atoms with van der Waals surface area (Å²) in [6, 6.07) is 9.67. The van der Waals surface area contributed by atoms with Crippen molar-refractivity contribution in [3.63, 3.8) is 0 Å². The van der Waals surface area contributed by atoms with E-state index < -0.39 is 11.6 Å². The predicted molar refractivity (Wildman–Crippen MR) is 103 cm³/mol. The Morgan fingerprint density at radius 3 is 2.63 bits per heavy atom. The van der Waals surface area contributed by atoms with Crippen molar-refractivity contribution in [3.05, 3.63) is 30.3 Å². The zero-order chi connectivity index (χ0) is 19.4. The van der Waals surface area contributed by atoms with Gasteiger partial charge in [0.2, 0.25) is 5.91 Å². The molecule has 0 spiro atoms. The van der Waals surface area contributed by atoms with Crippen LogP contribution in [0, 0.1) is 5.92 Å². The van der Waals surface area contributed by atoms with Gasteiger partial charge in [0, 0.05) is 25.3 Å². The summed E-state index contributed by atoms with van der Waals surface area (Å²) in [6.07, 6.45) is 2.67. The number of hydrogen-bond acceptors (Lipinski definition) is 4. The van der Waals surface area contributed by atoms with Gasteiger partial charge in [-0.05, 0) is 51.2 Å². The summed E-state index contributed by atoms with van der Waals surface area (Å²) in [4.78, 5) is 40.1. The third kappa shape index (κ3) is 4.23. The summed E-state index contributed by atoms with van der Waals surface area (Å²) < 4.78 is 0. The van der Waals surface area contributed by atoms with Gasteiger partial charge in [0.15, 0.2) is 0 Å². The lowest BCUT2D eigenvalue weighted by Gasteiger charge is -2.23. The van der Waals surface area contributed by atoms with E-state index >= 15 is 0 Å². The summed E-state index contributed by atoms with van der Waals surface area (Å²) in [6.45, 7) is 5.85. The summed E-state index contributed by atoms with van der Waals surface area (Å²) in [7, 11) is 0. The van der Waals surface area contributed by atoms with E-state index in [0.717, 1.165) is 42.9 Å². The number of nitrogens with one attached hydrogen (secondary N) is 2. The van der Waals surface area contributed by atoms with Crippen LogP contribution in [0.1, 0.15) is 33.1 Å². The van der Waals surface area contributed by atoms with E-state index in [1.807, 2.05) is 18.2 Å². The van der Waals surface area contributed by atoms with Crippen LogP contribution in [0.15, 0.2) is 30.3 Å². The second-order valence-electron chi connectivity index (χ2n) is 7.42. The molecule has 0 bridgehead atoms. The third-order valence-electron chi connectivity index (χ3n) is 5.43. The molecule has 1 aliphatic heterocycles. The molecule has 7 nitrogen and oxygen atoms in total. The molecule has 1 aromatic carbocycles. The number of carbonyl (C=O) groups excluding carboxylic acids is 3. The Morgan fingerprint density at radius 1 is 1.30 bits per heavy atom. The highest BCUT2D eigenvalue weighted by molar-refractivity contribution is 6.09. The van der Waals surface area contributed by atoms with Crippen LogP contribution < -0.4 is 15.5 Å². The standard InChI is InChI=1S/C20H28N4O3/c1-3-23(16-8-5-4-6-9-16)13-7-12-21-17(25)14-24-18(26)20(2,15-10-11-15)22-19(24)27/h4-6,8-9,15H,3,7,10-14H2,1-2H3,(H,21,25)(H,22,27). The number of imide groups is 1. The van der Waals surface area contributed by atoms with Crippen molar-refractivity contribution in [2.75, 3.05) is 31.1 Å². The second kappa shape index (κ2) is 7.98. The van der Waals surface area contributed by atoms with E-state index in [2.05, 4.69) is 34.6 Å². The molecule has 27 heavy (non-hydrogen) atoms. The lowest BCUT2D eigenvalue weighted by atomic mass is 9.96. The van der Waals surface area contributed by atoms with Crippen molar-refractivity contribution in [1.29, 1.82) is 0 Å². The number of carbonyl (C=O) groups is 3. The highest BCUT2D eigenvalue weighted by atomic mass is 16.2. The van der Waals surface area contributed by atoms with Gasteiger partial charge >= 0.3 is 6.03 Å². The molecule has 146 valence electrons. The molecule has 1 aliphatic carbocycles. The Bertz CT molecular complexity index is 704. The first-order chi connectivity index (χ1) is 13.0. The van der Waals surface area contributed by atoms with E-state index in [9.17, 15) is 14.4 Å². The lowest BCUT2D eigenvalue weighted by molar-refractivity contribution is -0.135. The summed E-state index contributed by atoms with van der Waals surface area (Å²) in [5.41, 5.74) is 0.319. The molecule has 0 radical (unpaired) electrons. The summed E-state index contributed by atoms with van der Waals surface area (Å²) in [5.74, 6) is -0.396. The van der Waals surface area contributed by atoms with Crippen molar-refractivity contribution in [2.45, 2.75) is 38.6 Å². The van der Waals surface area contributed by atoms with E-state index in [4.69, 9.17) is 0 Å². The predicted octanol–water partition coefficient (Wildman–Crippen LogP) is 1.74. The fourth-order valence-electron chi connectivity index (χ4n) is 3.60. The highest BCUT2D eigenvalue weighted by Crippen LogP contribution is 2.42. The van der Waals surface area contributed by atoms with Crippen LogP contribution in [0.2, 0.25) is 0 Å². The first-order valence-electron chi connectivity index (χ1n) is 9.66. The maximum Gasteiger partial charge on any atom is 0.325 e. The van der Waals surface area contributed by atoms with Crippen LogP contribution in [0.25, 0.3) is 0 Å². The number of nitrogens with zero attached hydrogens (tertiary/aromatic N) is 2. The minimum Gasteiger partial charge on any atom is -0.372 e. The quantitative estimate of drug-likeness (QED) is 0.511. The van der Waals surface area contributed by atoms with E-state index in [1.165, 1.54) is 0 Å². The minimum absolute atomic E-state index is 0.194. The highest BCUT2D eigenvalue weighted by Gasteiger charge is 2.56. The van der Waals surface area contributed by atoms with Crippen molar-refractivity contribution >= 4 is 23.5 Å². The number of benzene rings is 1. The molecule has 4 amide bonds. The smallest absolute Gasteiger partial charge is 0.325 e. The lowest BCUT2D eigenvalue weighted by Crippen LogP contribution is -2.47. The fraction of sp³-hybridized carbons (Fsp3) is 0.550. The number of para-hydroxylation sites is 1. The maximum atomic E-state index is 12.5. The molecule has 3 rings (SSSR count). The fourth-order valence-corrected chi connectivity index (χ4v) is 3.60. The van der Waals surface area contributed by atoms with Crippen LogP contribution in [-0.4, -0.2) is 54.5 Å². The van der Waals surface area contributed by atoms with Crippen LogP contribution in [0.3, 0.4) is 0 Å². The largest absolute Gasteiger partial charge is 0.372 e. The first kappa shape index (κ1) is 19.2. The van der Waals surface area contributed by atoms with Gasteiger partial charge in [-0.15, -0.1) is 0 Å². The van der Waals surface area contributed by atoms with Gasteiger partial charge in [0.25, 0.3) is 5.91 Å². The second-order valence-corrected chi connectivity index (χ2v) is 7.42. The van der Waals surface area contributed by atoms with Crippen molar-refractivity contribution in [1.82, 2.24) is 15.5 Å². The van der Waals surface area contributed by atoms with Crippen molar-refractivity contribution in [3.8, 4) is 0 Å². The van der Waals surface area contributed by atoms with Gasteiger partial charge in [-0.25, -0.2) is 4.79 Å². The number of hydrogen-bond donors (Lipinski definition) is 2. The van der Waals surface area contributed by atoms with Crippen LogP contribution in [-0.2, 0) is 9.59 Å². The molecule has 1 heterocycles. The first-order valence-corrected chi connectivity index (χ1v) is 9.66. The average molecular weight is 372 g/mol. The third-order valence-corrected chi connectivity index (χ3v) is 5.43. The SMILES string of the molecule is CCN(CCCNC(=O)CN1C(=O)NC(C)(C2CC2)C1=O)c1ccccc1. The molecule has 1 saturated carbocycles. The van der Waals surface area contributed by atoms with Gasteiger partial charge in [-0.3, -0.25) is 14.5 Å². The Balaban J connectivity index is 1.42. The summed E-state index contributed by atoms with van der Waals surface area (Å²) >= 11 is 0. The topological polar surface area (TPSA) is 81.8 Å². The number of urea groups is 1. The van der Waals surface area contributed by atoms with Gasteiger partial charge in [-0.2, -0.15) is 0 Å². The monoisotopic (exact) mass is 372 g/mol. The molecule has 1 saturated heterocycles. The Labute approximate surface area is 160 Å². The average Bonchev–Trinajstić information content (AvgIpc) is 3.49. The van der Waals surface area contributed by atoms with E-state index in [1.54, 1.807) is 6.92 Å². The number of amides is 4.